The molecule has 10 nitrogen and oxygen atoms in total. The molecule has 0 saturated carbocycles. The quantitative estimate of drug-likeness (QED) is 0.210. The van der Waals surface area contributed by atoms with E-state index in [1.165, 1.54) is 36.4 Å². The largest absolute Gasteiger partial charge is 0.279 e. The second-order valence-corrected chi connectivity index (χ2v) is 15.3. The number of sulfone groups is 1. The molecule has 46 heavy (non-hydrogen) atoms. The van der Waals surface area contributed by atoms with Crippen LogP contribution in [0.4, 0.5) is 11.4 Å². The minimum absolute atomic E-state index is 0.00262. The summed E-state index contributed by atoms with van der Waals surface area (Å²) < 4.78 is 78.2. The van der Waals surface area contributed by atoms with Crippen molar-refractivity contribution in [3.8, 4) is 6.07 Å². The van der Waals surface area contributed by atoms with Crippen LogP contribution in [0.25, 0.3) is 21.5 Å². The first kappa shape index (κ1) is 32.1. The van der Waals surface area contributed by atoms with E-state index in [4.69, 9.17) is 5.26 Å². The van der Waals surface area contributed by atoms with Crippen molar-refractivity contribution in [2.24, 2.45) is 0 Å². The van der Waals surface area contributed by atoms with Crippen molar-refractivity contribution >= 4 is 62.8 Å². The van der Waals surface area contributed by atoms with E-state index in [1.54, 1.807) is 54.9 Å². The van der Waals surface area contributed by atoms with Gasteiger partial charge < -0.3 is 0 Å². The molecule has 6 rings (SSSR count). The molecule has 232 valence electrons. The Morgan fingerprint density at radius 2 is 1.13 bits per heavy atom. The lowest BCUT2D eigenvalue weighted by molar-refractivity contribution is 0.597. The lowest BCUT2D eigenvalue weighted by Crippen LogP contribution is -2.14. The van der Waals surface area contributed by atoms with Crippen molar-refractivity contribution in [3.63, 3.8) is 0 Å². The lowest BCUT2D eigenvalue weighted by Gasteiger charge is -2.11. The number of rotatable bonds is 7. The highest BCUT2D eigenvalue weighted by Crippen LogP contribution is 2.27. The molecule has 0 saturated heterocycles. The van der Waals surface area contributed by atoms with Crippen LogP contribution < -0.4 is 9.44 Å². The van der Waals surface area contributed by atoms with E-state index in [2.05, 4.69) is 14.4 Å². The normalized spacial score (nSPS) is 11.7. The number of nitrogens with zero attached hydrogens (tertiary/aromatic N) is 2. The molecule has 5 aromatic carbocycles. The van der Waals surface area contributed by atoms with Crippen LogP contribution in [0.3, 0.4) is 0 Å². The van der Waals surface area contributed by atoms with Crippen molar-refractivity contribution in [1.29, 1.82) is 5.26 Å². The van der Waals surface area contributed by atoms with Gasteiger partial charge in [-0.15, -0.1) is 0 Å². The van der Waals surface area contributed by atoms with Gasteiger partial charge in [0.1, 0.15) is 11.0 Å². The van der Waals surface area contributed by atoms with Crippen molar-refractivity contribution in [2.75, 3.05) is 15.7 Å². The van der Waals surface area contributed by atoms with Gasteiger partial charge in [0.2, 0.25) is 0 Å². The minimum Gasteiger partial charge on any atom is -0.279 e. The summed E-state index contributed by atoms with van der Waals surface area (Å²) in [6.07, 6.45) is 4.34. The van der Waals surface area contributed by atoms with Gasteiger partial charge in [-0.05, 0) is 60.0 Å². The standard InChI is InChI=1S/C17H15NO4S2.C16H11N3O2S/c1-23(19,20)14-9-11-15(12-10-14)24(21,22)18-17-8-4-6-13-5-2-3-7-16(13)17;17-10-12-4-1-2-7-16(12)22(20,21)19-15-6-3-5-13-11-18-9-8-14(13)15/h2-12,18H,1H3;1-9,11,19H. The number of anilines is 2. The highest BCUT2D eigenvalue weighted by Gasteiger charge is 2.19. The first-order valence-corrected chi connectivity index (χ1v) is 18.4. The van der Waals surface area contributed by atoms with Crippen molar-refractivity contribution in [2.45, 2.75) is 14.7 Å². The molecule has 0 aliphatic rings. The van der Waals surface area contributed by atoms with E-state index in [1.807, 2.05) is 42.5 Å². The molecule has 0 bridgehead atoms. The number of sulfonamides is 2. The molecular formula is C33H26N4O6S3. The van der Waals surface area contributed by atoms with Gasteiger partial charge in [-0.25, -0.2) is 25.3 Å². The van der Waals surface area contributed by atoms with Gasteiger partial charge in [0.15, 0.2) is 9.84 Å². The fourth-order valence-electron chi connectivity index (χ4n) is 4.59. The Bertz CT molecular complexity index is 2430. The number of hydrogen-bond acceptors (Lipinski definition) is 8. The molecule has 1 heterocycles. The van der Waals surface area contributed by atoms with Crippen LogP contribution in [-0.2, 0) is 29.9 Å². The summed E-state index contributed by atoms with van der Waals surface area (Å²) in [5.41, 5.74) is 1.03. The molecular weight excluding hydrogens is 645 g/mol. The Morgan fingerprint density at radius 3 is 1.80 bits per heavy atom. The maximum atomic E-state index is 12.5. The Kier molecular flexibility index (Phi) is 9.06. The fraction of sp³-hybridized carbons (Fsp3) is 0.0303. The van der Waals surface area contributed by atoms with E-state index in [0.29, 0.717) is 11.4 Å². The van der Waals surface area contributed by atoms with Crippen LogP contribution >= 0.6 is 0 Å². The van der Waals surface area contributed by atoms with Crippen LogP contribution in [0.2, 0.25) is 0 Å². The maximum Gasteiger partial charge on any atom is 0.263 e. The Hall–Kier alpha value is -5.29. The molecule has 0 amide bonds. The predicted molar refractivity (Wildman–Crippen MR) is 178 cm³/mol. The number of nitriles is 1. The molecule has 0 aliphatic heterocycles. The number of pyridine rings is 1. The van der Waals surface area contributed by atoms with Gasteiger partial charge in [0, 0.05) is 34.8 Å². The topological polar surface area (TPSA) is 163 Å². The van der Waals surface area contributed by atoms with Gasteiger partial charge in [0.25, 0.3) is 20.0 Å². The van der Waals surface area contributed by atoms with Gasteiger partial charge in [-0.1, -0.05) is 60.7 Å². The van der Waals surface area contributed by atoms with Crippen LogP contribution in [0.5, 0.6) is 0 Å². The SMILES string of the molecule is CS(=O)(=O)c1ccc(S(=O)(=O)Nc2cccc3ccccc23)cc1.N#Cc1ccccc1S(=O)(=O)Nc1cccc2cnccc12. The summed E-state index contributed by atoms with van der Waals surface area (Å²) in [5.74, 6) is 0. The molecule has 0 fully saturated rings. The summed E-state index contributed by atoms with van der Waals surface area (Å²) in [7, 11) is -11.0. The summed E-state index contributed by atoms with van der Waals surface area (Å²) in [6.45, 7) is 0. The van der Waals surface area contributed by atoms with Gasteiger partial charge >= 0.3 is 0 Å². The van der Waals surface area contributed by atoms with Crippen LogP contribution in [0, 0.1) is 11.3 Å². The highest BCUT2D eigenvalue weighted by molar-refractivity contribution is 7.93. The summed E-state index contributed by atoms with van der Waals surface area (Å²) >= 11 is 0. The zero-order chi connectivity index (χ0) is 33.0. The number of fused-ring (bicyclic) bond motifs is 2. The first-order chi connectivity index (χ1) is 21.9. The Morgan fingerprint density at radius 1 is 0.587 bits per heavy atom. The zero-order valence-corrected chi connectivity index (χ0v) is 26.6. The number of aromatic nitrogens is 1. The van der Waals surface area contributed by atoms with Gasteiger partial charge in [-0.3, -0.25) is 14.4 Å². The summed E-state index contributed by atoms with van der Waals surface area (Å²) in [5, 5.41) is 12.4. The second kappa shape index (κ2) is 13.0. The molecule has 0 unspecified atom stereocenters. The molecule has 0 spiro atoms. The van der Waals surface area contributed by atoms with E-state index in [-0.39, 0.29) is 20.2 Å². The molecule has 0 radical (unpaired) electrons. The minimum atomic E-state index is -3.84. The first-order valence-electron chi connectivity index (χ1n) is 13.5. The fourth-order valence-corrected chi connectivity index (χ4v) is 7.54. The van der Waals surface area contributed by atoms with Crippen molar-refractivity contribution < 1.29 is 25.3 Å². The van der Waals surface area contributed by atoms with Crippen molar-refractivity contribution in [1.82, 2.24) is 4.98 Å². The molecule has 6 aromatic rings. The number of benzene rings is 5. The average molecular weight is 671 g/mol. The van der Waals surface area contributed by atoms with Crippen LogP contribution in [-0.4, -0.2) is 36.5 Å². The van der Waals surface area contributed by atoms with E-state index >= 15 is 0 Å². The molecule has 13 heteroatoms. The molecule has 0 atom stereocenters. The third-order valence-corrected chi connectivity index (χ3v) is 10.8. The van der Waals surface area contributed by atoms with Crippen molar-refractivity contribution in [3.05, 3.63) is 133 Å². The molecule has 2 N–H and O–H groups in total. The number of hydrogen-bond donors (Lipinski definition) is 2. The highest BCUT2D eigenvalue weighted by atomic mass is 32.2. The Balaban J connectivity index is 0.000000182. The monoisotopic (exact) mass is 670 g/mol. The van der Waals surface area contributed by atoms with E-state index < -0.39 is 29.9 Å². The second-order valence-electron chi connectivity index (χ2n) is 9.99. The smallest absolute Gasteiger partial charge is 0.263 e. The summed E-state index contributed by atoms with van der Waals surface area (Å²) in [6, 6.07) is 32.9. The number of nitrogens with one attached hydrogen (secondary N) is 2. The van der Waals surface area contributed by atoms with Crippen LogP contribution in [0.15, 0.2) is 142 Å². The van der Waals surface area contributed by atoms with E-state index in [9.17, 15) is 25.3 Å². The van der Waals surface area contributed by atoms with Crippen LogP contribution in [0.1, 0.15) is 5.56 Å². The van der Waals surface area contributed by atoms with E-state index in [0.717, 1.165) is 27.8 Å². The molecule has 0 aliphatic carbocycles. The summed E-state index contributed by atoms with van der Waals surface area (Å²) in [4.78, 5) is 4.06. The third kappa shape index (κ3) is 7.16. The Labute approximate surface area is 267 Å². The predicted octanol–water partition coefficient (Wildman–Crippen LogP) is 5.95. The zero-order valence-electron chi connectivity index (χ0n) is 24.2. The third-order valence-electron chi connectivity index (χ3n) is 6.82. The van der Waals surface area contributed by atoms with Gasteiger partial charge in [-0.2, -0.15) is 5.26 Å². The maximum absolute atomic E-state index is 12.5. The molecule has 1 aromatic heterocycles. The average Bonchev–Trinajstić information content (AvgIpc) is 3.05. The van der Waals surface area contributed by atoms with Gasteiger partial charge in [0.05, 0.1) is 26.7 Å². The lowest BCUT2D eigenvalue weighted by atomic mass is 10.1.